The number of nitrogens with one attached hydrogen (secondary N) is 1. The average Bonchev–Trinajstić information content (AvgIpc) is 2.50. The van der Waals surface area contributed by atoms with Gasteiger partial charge in [-0.2, -0.15) is 4.98 Å². The van der Waals surface area contributed by atoms with E-state index in [1.54, 1.807) is 13.1 Å². The van der Waals surface area contributed by atoms with E-state index in [1.165, 1.54) is 26.6 Å². The average molecular weight is 278 g/mol. The third-order valence-corrected chi connectivity index (χ3v) is 2.82. The molecule has 0 saturated heterocycles. The summed E-state index contributed by atoms with van der Waals surface area (Å²) in [6.45, 7) is 0. The molecular formula is C13H15FN4O2. The first-order valence-corrected chi connectivity index (χ1v) is 5.92. The van der Waals surface area contributed by atoms with E-state index in [4.69, 9.17) is 9.47 Å². The summed E-state index contributed by atoms with van der Waals surface area (Å²) in [7, 11) is 4.67. The van der Waals surface area contributed by atoms with Crippen LogP contribution in [0, 0.1) is 5.82 Å². The number of aromatic nitrogens is 3. The number of ether oxygens (including phenoxy) is 2. The van der Waals surface area contributed by atoms with Crippen molar-refractivity contribution in [2.24, 2.45) is 0 Å². The van der Waals surface area contributed by atoms with Crippen LogP contribution in [0.2, 0.25) is 0 Å². The van der Waals surface area contributed by atoms with Crippen LogP contribution in [0.15, 0.2) is 24.7 Å². The summed E-state index contributed by atoms with van der Waals surface area (Å²) in [6.07, 6.45) is 4.14. The second-order valence-corrected chi connectivity index (χ2v) is 3.93. The summed E-state index contributed by atoms with van der Waals surface area (Å²) in [6, 6.07) is 1.09. The summed E-state index contributed by atoms with van der Waals surface area (Å²) in [4.78, 5) is 12.1. The topological polar surface area (TPSA) is 69.2 Å². The van der Waals surface area contributed by atoms with Gasteiger partial charge in [0.2, 0.25) is 11.8 Å². The van der Waals surface area contributed by atoms with E-state index in [1.807, 2.05) is 0 Å². The van der Waals surface area contributed by atoms with Crippen molar-refractivity contribution in [1.82, 2.24) is 20.3 Å². The molecule has 106 valence electrons. The quantitative estimate of drug-likeness (QED) is 0.890. The van der Waals surface area contributed by atoms with Gasteiger partial charge in [0, 0.05) is 11.8 Å². The predicted molar refractivity (Wildman–Crippen MR) is 70.2 cm³/mol. The van der Waals surface area contributed by atoms with Crippen molar-refractivity contribution in [3.8, 4) is 11.8 Å². The minimum absolute atomic E-state index is 0.278. The molecule has 1 N–H and O–H groups in total. The molecule has 0 radical (unpaired) electrons. The highest BCUT2D eigenvalue weighted by atomic mass is 19.1. The van der Waals surface area contributed by atoms with Gasteiger partial charge in [-0.1, -0.05) is 0 Å². The molecule has 2 aromatic heterocycles. The largest absolute Gasteiger partial charge is 0.480 e. The van der Waals surface area contributed by atoms with Gasteiger partial charge in [-0.05, 0) is 13.1 Å². The van der Waals surface area contributed by atoms with Crippen LogP contribution in [0.1, 0.15) is 17.3 Å². The molecular weight excluding hydrogens is 263 g/mol. The summed E-state index contributed by atoms with van der Waals surface area (Å²) in [5, 5.41) is 3.00. The molecule has 0 amide bonds. The third kappa shape index (κ3) is 2.67. The number of nitrogens with zero attached hydrogens (tertiary/aromatic N) is 3. The van der Waals surface area contributed by atoms with Crippen LogP contribution in [0.4, 0.5) is 4.39 Å². The lowest BCUT2D eigenvalue weighted by Crippen LogP contribution is -2.21. The van der Waals surface area contributed by atoms with E-state index in [0.29, 0.717) is 17.1 Å². The second kappa shape index (κ2) is 6.25. The van der Waals surface area contributed by atoms with Crippen molar-refractivity contribution < 1.29 is 13.9 Å². The molecule has 0 aromatic carbocycles. The van der Waals surface area contributed by atoms with Crippen LogP contribution in [0.5, 0.6) is 11.8 Å². The first-order chi connectivity index (χ1) is 9.71. The Kier molecular flexibility index (Phi) is 4.41. The Hall–Kier alpha value is -2.28. The van der Waals surface area contributed by atoms with Crippen LogP contribution < -0.4 is 14.8 Å². The van der Waals surface area contributed by atoms with E-state index in [-0.39, 0.29) is 5.88 Å². The Morgan fingerprint density at radius 2 is 2.05 bits per heavy atom. The number of methoxy groups -OCH3 is 2. The zero-order valence-electron chi connectivity index (χ0n) is 11.4. The van der Waals surface area contributed by atoms with Crippen molar-refractivity contribution in [3.05, 3.63) is 41.7 Å². The standard InChI is InChI=1S/C13H15FN4O2/c1-15-11(8-4-5-16-6-9(8)14)12-13(20-3)18-10(19-2)7-17-12/h4-7,11,15H,1-3H3. The van der Waals surface area contributed by atoms with Gasteiger partial charge in [-0.3, -0.25) is 4.98 Å². The van der Waals surface area contributed by atoms with E-state index in [2.05, 4.69) is 20.3 Å². The van der Waals surface area contributed by atoms with Crippen molar-refractivity contribution in [2.45, 2.75) is 6.04 Å². The molecule has 0 fully saturated rings. The first-order valence-electron chi connectivity index (χ1n) is 5.92. The summed E-state index contributed by atoms with van der Waals surface area (Å²) in [5.41, 5.74) is 0.890. The van der Waals surface area contributed by atoms with Gasteiger partial charge in [0.05, 0.1) is 32.7 Å². The number of halogens is 1. The maximum absolute atomic E-state index is 13.9. The number of hydrogen-bond donors (Lipinski definition) is 1. The summed E-state index contributed by atoms with van der Waals surface area (Å²) < 4.78 is 24.1. The van der Waals surface area contributed by atoms with E-state index < -0.39 is 11.9 Å². The minimum atomic E-state index is -0.494. The molecule has 2 aromatic rings. The second-order valence-electron chi connectivity index (χ2n) is 3.93. The van der Waals surface area contributed by atoms with E-state index >= 15 is 0 Å². The molecule has 2 rings (SSSR count). The maximum atomic E-state index is 13.9. The van der Waals surface area contributed by atoms with Gasteiger partial charge >= 0.3 is 0 Å². The van der Waals surface area contributed by atoms with Crippen molar-refractivity contribution in [1.29, 1.82) is 0 Å². The lowest BCUT2D eigenvalue weighted by atomic mass is 10.0. The Balaban J connectivity index is 2.49. The highest BCUT2D eigenvalue weighted by molar-refractivity contribution is 5.34. The van der Waals surface area contributed by atoms with Crippen LogP contribution in [-0.2, 0) is 0 Å². The zero-order valence-corrected chi connectivity index (χ0v) is 11.4. The molecule has 6 nitrogen and oxygen atoms in total. The molecule has 0 spiro atoms. The van der Waals surface area contributed by atoms with Gasteiger partial charge < -0.3 is 14.8 Å². The Bertz CT molecular complexity index is 594. The van der Waals surface area contributed by atoms with Gasteiger partial charge in [-0.15, -0.1) is 0 Å². The SMILES string of the molecule is CNC(c1ccncc1F)c1ncc(OC)nc1OC. The fraction of sp³-hybridized carbons (Fsp3) is 0.308. The van der Waals surface area contributed by atoms with Gasteiger partial charge in [-0.25, -0.2) is 9.37 Å². The zero-order chi connectivity index (χ0) is 14.5. The Labute approximate surface area is 116 Å². The third-order valence-electron chi connectivity index (χ3n) is 2.82. The molecule has 0 saturated carbocycles. The van der Waals surface area contributed by atoms with E-state index in [9.17, 15) is 4.39 Å². The van der Waals surface area contributed by atoms with Crippen LogP contribution in [0.3, 0.4) is 0 Å². The van der Waals surface area contributed by atoms with Crippen LogP contribution >= 0.6 is 0 Å². The maximum Gasteiger partial charge on any atom is 0.240 e. The molecule has 0 aliphatic rings. The fourth-order valence-electron chi connectivity index (χ4n) is 1.87. The van der Waals surface area contributed by atoms with Crippen LogP contribution in [-0.4, -0.2) is 36.2 Å². The molecule has 0 aliphatic heterocycles. The van der Waals surface area contributed by atoms with Gasteiger partial charge in [0.15, 0.2) is 0 Å². The number of hydrogen-bond acceptors (Lipinski definition) is 6. The highest BCUT2D eigenvalue weighted by Gasteiger charge is 2.22. The summed E-state index contributed by atoms with van der Waals surface area (Å²) >= 11 is 0. The van der Waals surface area contributed by atoms with Gasteiger partial charge in [0.25, 0.3) is 0 Å². The summed E-state index contributed by atoms with van der Waals surface area (Å²) in [5.74, 6) is 0.182. The monoisotopic (exact) mass is 278 g/mol. The molecule has 7 heteroatoms. The highest BCUT2D eigenvalue weighted by Crippen LogP contribution is 2.28. The Morgan fingerprint density at radius 3 is 2.65 bits per heavy atom. The smallest absolute Gasteiger partial charge is 0.240 e. The lowest BCUT2D eigenvalue weighted by molar-refractivity contribution is 0.353. The fourth-order valence-corrected chi connectivity index (χ4v) is 1.87. The molecule has 2 heterocycles. The van der Waals surface area contributed by atoms with E-state index in [0.717, 1.165) is 6.20 Å². The normalized spacial score (nSPS) is 12.0. The van der Waals surface area contributed by atoms with Crippen molar-refractivity contribution >= 4 is 0 Å². The minimum Gasteiger partial charge on any atom is -0.480 e. The van der Waals surface area contributed by atoms with Gasteiger partial charge in [0.1, 0.15) is 11.5 Å². The molecule has 20 heavy (non-hydrogen) atoms. The van der Waals surface area contributed by atoms with Crippen molar-refractivity contribution in [2.75, 3.05) is 21.3 Å². The molecule has 0 aliphatic carbocycles. The molecule has 1 unspecified atom stereocenters. The predicted octanol–water partition coefficient (Wildman–Crippen LogP) is 1.34. The molecule has 0 bridgehead atoms. The molecule has 1 atom stereocenters. The van der Waals surface area contributed by atoms with Crippen molar-refractivity contribution in [3.63, 3.8) is 0 Å². The number of rotatable bonds is 5. The Morgan fingerprint density at radius 1 is 1.25 bits per heavy atom. The first kappa shape index (κ1) is 14.1. The number of pyridine rings is 1. The van der Waals surface area contributed by atoms with Crippen LogP contribution in [0.25, 0.3) is 0 Å². The lowest BCUT2D eigenvalue weighted by Gasteiger charge is -2.18.